The van der Waals surface area contributed by atoms with E-state index in [2.05, 4.69) is 17.1 Å². The van der Waals surface area contributed by atoms with Crippen LogP contribution < -0.4 is 5.32 Å². The number of amides is 1. The minimum absolute atomic E-state index is 0.222. The number of likely N-dealkylation sites (N-methyl/N-ethyl adjacent to an activating group) is 1. The number of hydrogen-bond acceptors (Lipinski definition) is 2. The van der Waals surface area contributed by atoms with Crippen LogP contribution in [0.2, 0.25) is 0 Å². The second-order valence-electron chi connectivity index (χ2n) is 4.44. The molecule has 1 N–H and O–H groups in total. The highest BCUT2D eigenvalue weighted by Gasteiger charge is 2.14. The quantitative estimate of drug-likeness (QED) is 0.782. The summed E-state index contributed by atoms with van der Waals surface area (Å²) in [4.78, 5) is 13.8. The fraction of sp³-hybridized carbons (Fsp3) is 0.500. The number of hydrogen-bond donors (Lipinski definition) is 1. The van der Waals surface area contributed by atoms with Gasteiger partial charge in [-0.2, -0.15) is 0 Å². The maximum absolute atomic E-state index is 13.0. The van der Waals surface area contributed by atoms with Gasteiger partial charge < -0.3 is 10.2 Å². The minimum Gasteiger partial charge on any atom is -0.351 e. The Labute approximate surface area is 116 Å². The van der Waals surface area contributed by atoms with E-state index in [0.29, 0.717) is 25.2 Å². The summed E-state index contributed by atoms with van der Waals surface area (Å²) in [6.45, 7) is 6.89. The van der Waals surface area contributed by atoms with Crippen LogP contribution in [-0.2, 0) is 0 Å². The van der Waals surface area contributed by atoms with Crippen molar-refractivity contribution in [3.05, 3.63) is 35.1 Å². The molecule has 0 unspecified atom stereocenters. The molecule has 6 heteroatoms. The molecule has 0 fully saturated rings. The van der Waals surface area contributed by atoms with Gasteiger partial charge >= 0.3 is 0 Å². The molecule has 1 aromatic carbocycles. The Bertz CT molecular complexity index is 443. The highest BCUT2D eigenvalue weighted by Crippen LogP contribution is 2.13. The summed E-state index contributed by atoms with van der Waals surface area (Å²) >= 11 is 0. The van der Waals surface area contributed by atoms with Crippen LogP contribution in [0.3, 0.4) is 0 Å². The number of nitrogens with zero attached hydrogens (tertiary/aromatic N) is 1. The van der Waals surface area contributed by atoms with Crippen molar-refractivity contribution < 1.29 is 18.0 Å². The molecule has 0 aromatic heterocycles. The predicted molar refractivity (Wildman–Crippen MR) is 71.1 cm³/mol. The molecule has 0 atom stereocenters. The monoisotopic (exact) mass is 288 g/mol. The fourth-order valence-corrected chi connectivity index (χ4v) is 1.86. The van der Waals surface area contributed by atoms with Gasteiger partial charge in [-0.3, -0.25) is 4.79 Å². The number of halogens is 3. The van der Waals surface area contributed by atoms with Crippen LogP contribution in [-0.4, -0.2) is 37.0 Å². The Morgan fingerprint density at radius 2 is 1.75 bits per heavy atom. The molecular formula is C14H19F3N2O. The number of carbonyl (C=O) groups is 1. The average molecular weight is 288 g/mol. The van der Waals surface area contributed by atoms with Crippen molar-refractivity contribution in [3.63, 3.8) is 0 Å². The molecule has 0 bridgehead atoms. The molecule has 0 heterocycles. The molecule has 20 heavy (non-hydrogen) atoms. The highest BCUT2D eigenvalue weighted by atomic mass is 19.2. The second-order valence-corrected chi connectivity index (χ2v) is 4.44. The molecule has 0 spiro atoms. The first-order chi connectivity index (χ1) is 9.49. The van der Waals surface area contributed by atoms with Gasteiger partial charge in [0, 0.05) is 18.7 Å². The van der Waals surface area contributed by atoms with E-state index in [1.165, 1.54) is 0 Å². The van der Waals surface area contributed by atoms with Gasteiger partial charge in [0.05, 0.1) is 0 Å². The van der Waals surface area contributed by atoms with Gasteiger partial charge in [0.25, 0.3) is 5.91 Å². The summed E-state index contributed by atoms with van der Waals surface area (Å²) in [5.74, 6) is -4.91. The third-order valence-corrected chi connectivity index (χ3v) is 2.95. The first-order valence-electron chi connectivity index (χ1n) is 6.64. The summed E-state index contributed by atoms with van der Waals surface area (Å²) in [5.41, 5.74) is -0.222. The predicted octanol–water partition coefficient (Wildman–Crippen LogP) is 2.57. The van der Waals surface area contributed by atoms with Gasteiger partial charge in [-0.25, -0.2) is 13.2 Å². The molecule has 1 amide bonds. The third-order valence-electron chi connectivity index (χ3n) is 2.95. The third kappa shape index (κ3) is 4.52. The van der Waals surface area contributed by atoms with Crippen molar-refractivity contribution in [3.8, 4) is 0 Å². The smallest absolute Gasteiger partial charge is 0.251 e. The first kappa shape index (κ1) is 16.5. The Balaban J connectivity index is 2.55. The summed E-state index contributed by atoms with van der Waals surface area (Å²) in [6, 6.07) is 1.38. The van der Waals surface area contributed by atoms with Crippen molar-refractivity contribution in [2.75, 3.05) is 26.2 Å². The SMILES string of the molecule is CCCN(CC)CCNC(=O)c1cc(F)c(F)c(F)c1. The van der Waals surface area contributed by atoms with Crippen LogP contribution in [0.5, 0.6) is 0 Å². The van der Waals surface area contributed by atoms with Gasteiger partial charge in [0.15, 0.2) is 17.5 Å². The van der Waals surface area contributed by atoms with Crippen LogP contribution in [0.4, 0.5) is 13.2 Å². The van der Waals surface area contributed by atoms with Crippen LogP contribution >= 0.6 is 0 Å². The molecule has 0 aliphatic rings. The van der Waals surface area contributed by atoms with E-state index < -0.39 is 23.4 Å². The molecule has 0 aliphatic heterocycles. The van der Waals surface area contributed by atoms with E-state index in [-0.39, 0.29) is 5.56 Å². The van der Waals surface area contributed by atoms with E-state index in [4.69, 9.17) is 0 Å². The van der Waals surface area contributed by atoms with Gasteiger partial charge in [0.1, 0.15) is 0 Å². The number of rotatable bonds is 7. The fourth-order valence-electron chi connectivity index (χ4n) is 1.86. The van der Waals surface area contributed by atoms with Crippen molar-refractivity contribution in [1.82, 2.24) is 10.2 Å². The van der Waals surface area contributed by atoms with Crippen molar-refractivity contribution in [2.45, 2.75) is 20.3 Å². The second kappa shape index (κ2) is 7.89. The zero-order valence-electron chi connectivity index (χ0n) is 11.7. The Morgan fingerprint density at radius 1 is 1.15 bits per heavy atom. The van der Waals surface area contributed by atoms with Gasteiger partial charge in [0.2, 0.25) is 0 Å². The molecule has 1 rings (SSSR count). The lowest BCUT2D eigenvalue weighted by molar-refractivity contribution is 0.0947. The molecule has 112 valence electrons. The Morgan fingerprint density at radius 3 is 2.25 bits per heavy atom. The number of benzene rings is 1. The number of carbonyl (C=O) groups excluding carboxylic acids is 1. The van der Waals surface area contributed by atoms with Crippen LogP contribution in [0.25, 0.3) is 0 Å². The zero-order chi connectivity index (χ0) is 15.1. The van der Waals surface area contributed by atoms with Crippen molar-refractivity contribution >= 4 is 5.91 Å². The van der Waals surface area contributed by atoms with Gasteiger partial charge in [-0.05, 0) is 31.6 Å². The van der Waals surface area contributed by atoms with Gasteiger partial charge in [-0.1, -0.05) is 13.8 Å². The maximum Gasteiger partial charge on any atom is 0.251 e. The number of nitrogens with one attached hydrogen (secondary N) is 1. The summed E-state index contributed by atoms with van der Waals surface area (Å²) in [6.07, 6.45) is 1.01. The van der Waals surface area contributed by atoms with Crippen LogP contribution in [0.1, 0.15) is 30.6 Å². The molecule has 1 aromatic rings. The van der Waals surface area contributed by atoms with E-state index in [0.717, 1.165) is 19.5 Å². The largest absolute Gasteiger partial charge is 0.351 e. The van der Waals surface area contributed by atoms with Crippen molar-refractivity contribution in [1.29, 1.82) is 0 Å². The minimum atomic E-state index is -1.57. The maximum atomic E-state index is 13.0. The van der Waals surface area contributed by atoms with Crippen LogP contribution in [0, 0.1) is 17.5 Å². The molecule has 0 saturated carbocycles. The summed E-state index contributed by atoms with van der Waals surface area (Å²) in [7, 11) is 0. The zero-order valence-corrected chi connectivity index (χ0v) is 11.7. The first-order valence-corrected chi connectivity index (χ1v) is 6.64. The molecular weight excluding hydrogens is 269 g/mol. The lowest BCUT2D eigenvalue weighted by Crippen LogP contribution is -2.35. The van der Waals surface area contributed by atoms with Gasteiger partial charge in [-0.15, -0.1) is 0 Å². The molecule has 0 saturated heterocycles. The van der Waals surface area contributed by atoms with E-state index in [1.54, 1.807) is 0 Å². The van der Waals surface area contributed by atoms with E-state index in [1.807, 2.05) is 6.92 Å². The summed E-state index contributed by atoms with van der Waals surface area (Å²) < 4.78 is 38.8. The van der Waals surface area contributed by atoms with Crippen LogP contribution in [0.15, 0.2) is 12.1 Å². The Kier molecular flexibility index (Phi) is 6.51. The van der Waals surface area contributed by atoms with E-state index >= 15 is 0 Å². The Hall–Kier alpha value is -1.56. The molecule has 0 radical (unpaired) electrons. The van der Waals surface area contributed by atoms with Crippen molar-refractivity contribution in [2.24, 2.45) is 0 Å². The normalized spacial score (nSPS) is 10.9. The lowest BCUT2D eigenvalue weighted by Gasteiger charge is -2.19. The highest BCUT2D eigenvalue weighted by molar-refractivity contribution is 5.94. The summed E-state index contributed by atoms with van der Waals surface area (Å²) in [5, 5.41) is 2.56. The average Bonchev–Trinajstić information content (AvgIpc) is 2.43. The topological polar surface area (TPSA) is 32.3 Å². The standard InChI is InChI=1S/C14H19F3N2O/c1-3-6-19(4-2)7-5-18-14(20)10-8-11(15)13(17)12(16)9-10/h8-9H,3-7H2,1-2H3,(H,18,20). The lowest BCUT2D eigenvalue weighted by atomic mass is 10.2. The molecule has 0 aliphatic carbocycles. The molecule has 3 nitrogen and oxygen atoms in total. The van der Waals surface area contributed by atoms with E-state index in [9.17, 15) is 18.0 Å².